The predicted molar refractivity (Wildman–Crippen MR) is 102 cm³/mol. The lowest BCUT2D eigenvalue weighted by molar-refractivity contribution is 0.0906. The average Bonchev–Trinajstić information content (AvgIpc) is 3.27. The molecule has 1 fully saturated rings. The Morgan fingerprint density at radius 3 is 2.85 bits per heavy atom. The lowest BCUT2D eigenvalue weighted by atomic mass is 10.0. The molecule has 3 heterocycles. The van der Waals surface area contributed by atoms with Crippen molar-refractivity contribution in [3.05, 3.63) is 53.7 Å². The number of piperidine rings is 1. The van der Waals surface area contributed by atoms with Crippen LogP contribution in [0.25, 0.3) is 10.9 Å². The summed E-state index contributed by atoms with van der Waals surface area (Å²) in [5, 5.41) is 4.45. The van der Waals surface area contributed by atoms with Crippen LogP contribution in [0.15, 0.2) is 36.8 Å². The van der Waals surface area contributed by atoms with Crippen LogP contribution in [0.5, 0.6) is 0 Å². The maximum Gasteiger partial charge on any atom is 0.271 e. The second kappa shape index (κ2) is 7.33. The monoisotopic (exact) mass is 351 g/mol. The quantitative estimate of drug-likeness (QED) is 0.661. The number of hydrogen-bond acceptors (Lipinski definition) is 3. The van der Waals surface area contributed by atoms with Gasteiger partial charge in [0.25, 0.3) is 5.91 Å². The number of imidazole rings is 1. The van der Waals surface area contributed by atoms with Gasteiger partial charge in [0.2, 0.25) is 0 Å². The molecule has 0 unspecified atom stereocenters. The third kappa shape index (κ3) is 3.51. The highest BCUT2D eigenvalue weighted by atomic mass is 16.2. The Hall–Kier alpha value is -2.60. The van der Waals surface area contributed by atoms with E-state index >= 15 is 0 Å². The van der Waals surface area contributed by atoms with E-state index in [4.69, 9.17) is 0 Å². The number of carbonyl (C=O) groups excluding carboxylic acids is 1. The molecule has 26 heavy (non-hydrogen) atoms. The van der Waals surface area contributed by atoms with Gasteiger partial charge in [-0.15, -0.1) is 0 Å². The van der Waals surface area contributed by atoms with Gasteiger partial charge in [0.15, 0.2) is 0 Å². The topological polar surface area (TPSA) is 76.8 Å². The maximum atomic E-state index is 12.3. The molecule has 1 amide bonds. The molecule has 1 aliphatic rings. The van der Waals surface area contributed by atoms with Gasteiger partial charge in [-0.05, 0) is 37.8 Å². The number of fused-ring (bicyclic) bond motifs is 1. The van der Waals surface area contributed by atoms with Crippen molar-refractivity contribution in [1.82, 2.24) is 25.2 Å². The van der Waals surface area contributed by atoms with E-state index < -0.39 is 0 Å². The second-order valence-electron chi connectivity index (χ2n) is 7.08. The van der Waals surface area contributed by atoms with Crippen molar-refractivity contribution in [2.45, 2.75) is 32.2 Å². The number of aromatic nitrogens is 3. The minimum Gasteiger partial charge on any atom is -0.361 e. The van der Waals surface area contributed by atoms with Crippen molar-refractivity contribution in [1.29, 1.82) is 0 Å². The summed E-state index contributed by atoms with van der Waals surface area (Å²) in [6, 6.07) is 8.69. The number of nitrogens with zero attached hydrogens (tertiary/aromatic N) is 2. The van der Waals surface area contributed by atoms with Crippen molar-refractivity contribution in [2.75, 3.05) is 19.6 Å². The van der Waals surface area contributed by atoms with Crippen LogP contribution in [0, 0.1) is 6.92 Å². The van der Waals surface area contributed by atoms with E-state index in [1.807, 2.05) is 6.92 Å². The Morgan fingerprint density at radius 2 is 2.08 bits per heavy atom. The zero-order chi connectivity index (χ0) is 17.9. The summed E-state index contributed by atoms with van der Waals surface area (Å²) in [7, 11) is 0. The zero-order valence-electron chi connectivity index (χ0n) is 15.1. The number of aromatic amines is 2. The summed E-state index contributed by atoms with van der Waals surface area (Å²) in [5.74, 6) is -0.0685. The fourth-order valence-electron chi connectivity index (χ4n) is 3.76. The van der Waals surface area contributed by atoms with E-state index in [9.17, 15) is 4.79 Å². The summed E-state index contributed by atoms with van der Waals surface area (Å²) in [4.78, 5) is 25.2. The Kier molecular flexibility index (Phi) is 4.75. The molecule has 0 spiro atoms. The summed E-state index contributed by atoms with van der Waals surface area (Å²) in [6.07, 6.45) is 6.72. The minimum atomic E-state index is -0.0685. The average molecular weight is 351 g/mol. The molecule has 0 radical (unpaired) electrons. The van der Waals surface area contributed by atoms with Crippen molar-refractivity contribution >= 4 is 16.8 Å². The summed E-state index contributed by atoms with van der Waals surface area (Å²) < 4.78 is 0. The van der Waals surface area contributed by atoms with Crippen molar-refractivity contribution in [3.8, 4) is 0 Å². The molecule has 4 rings (SSSR count). The Morgan fingerprint density at radius 1 is 1.27 bits per heavy atom. The molecule has 1 aliphatic heterocycles. The highest BCUT2D eigenvalue weighted by Gasteiger charge is 2.22. The van der Waals surface area contributed by atoms with Gasteiger partial charge >= 0.3 is 0 Å². The van der Waals surface area contributed by atoms with E-state index in [1.165, 1.54) is 16.5 Å². The number of para-hydroxylation sites is 1. The maximum absolute atomic E-state index is 12.3. The molecule has 136 valence electrons. The van der Waals surface area contributed by atoms with Crippen molar-refractivity contribution < 1.29 is 4.79 Å². The van der Waals surface area contributed by atoms with Crippen LogP contribution in [0.4, 0.5) is 0 Å². The van der Waals surface area contributed by atoms with E-state index in [2.05, 4.69) is 55.6 Å². The number of amides is 1. The third-order valence-corrected chi connectivity index (χ3v) is 5.34. The predicted octanol–water partition coefficient (Wildman–Crippen LogP) is 2.64. The number of H-pyrrole nitrogens is 2. The summed E-state index contributed by atoms with van der Waals surface area (Å²) in [6.45, 7) is 4.97. The largest absolute Gasteiger partial charge is 0.361 e. The second-order valence-corrected chi connectivity index (χ2v) is 7.08. The zero-order valence-corrected chi connectivity index (χ0v) is 15.1. The molecular weight excluding hydrogens is 326 g/mol. The molecule has 3 aromatic rings. The normalized spacial score (nSPS) is 16.2. The first-order valence-electron chi connectivity index (χ1n) is 9.29. The van der Waals surface area contributed by atoms with E-state index in [0.29, 0.717) is 5.69 Å². The molecule has 0 bridgehead atoms. The molecule has 0 aliphatic carbocycles. The molecule has 6 nitrogen and oxygen atoms in total. The van der Waals surface area contributed by atoms with Crippen molar-refractivity contribution in [2.24, 2.45) is 0 Å². The van der Waals surface area contributed by atoms with Crippen LogP contribution in [-0.2, 0) is 6.42 Å². The molecule has 0 atom stereocenters. The van der Waals surface area contributed by atoms with E-state index in [1.54, 1.807) is 6.33 Å². The standard InChI is InChI=1S/C20H25N5O/c1-14-19(23-13-22-14)20(26)24-16-7-10-25(11-8-16)9-6-15-12-21-18-5-3-2-4-17(15)18/h2-5,12-13,16,21H,6-11H2,1H3,(H,22,23)(H,24,26). The number of nitrogens with one attached hydrogen (secondary N) is 3. The van der Waals surface area contributed by atoms with E-state index in [0.717, 1.165) is 44.6 Å². The third-order valence-electron chi connectivity index (χ3n) is 5.34. The summed E-state index contributed by atoms with van der Waals surface area (Å²) in [5.41, 5.74) is 3.91. The van der Waals surface area contributed by atoms with Gasteiger partial charge < -0.3 is 20.2 Å². The lowest BCUT2D eigenvalue weighted by Crippen LogP contribution is -2.45. The van der Waals surface area contributed by atoms with Gasteiger partial charge in [-0.3, -0.25) is 4.79 Å². The lowest BCUT2D eigenvalue weighted by Gasteiger charge is -2.32. The molecular formula is C20H25N5O. The number of carbonyl (C=O) groups is 1. The Bertz CT molecular complexity index is 888. The van der Waals surface area contributed by atoms with Crippen LogP contribution >= 0.6 is 0 Å². The van der Waals surface area contributed by atoms with Crippen LogP contribution in [0.1, 0.15) is 34.6 Å². The number of aryl methyl sites for hydroxylation is 1. The highest BCUT2D eigenvalue weighted by molar-refractivity contribution is 5.93. The van der Waals surface area contributed by atoms with Gasteiger partial charge in [0, 0.05) is 48.5 Å². The van der Waals surface area contributed by atoms with Gasteiger partial charge in [-0.25, -0.2) is 4.98 Å². The number of hydrogen-bond donors (Lipinski definition) is 3. The summed E-state index contributed by atoms with van der Waals surface area (Å²) >= 11 is 0. The molecule has 3 N–H and O–H groups in total. The first kappa shape index (κ1) is 16.8. The number of likely N-dealkylation sites (tertiary alicyclic amines) is 1. The molecule has 0 saturated carbocycles. The smallest absolute Gasteiger partial charge is 0.271 e. The Balaban J connectivity index is 1.26. The highest BCUT2D eigenvalue weighted by Crippen LogP contribution is 2.19. The van der Waals surface area contributed by atoms with Gasteiger partial charge in [0.05, 0.1) is 6.33 Å². The molecule has 1 aromatic carbocycles. The van der Waals surface area contributed by atoms with Crippen LogP contribution < -0.4 is 5.32 Å². The van der Waals surface area contributed by atoms with Gasteiger partial charge in [-0.2, -0.15) is 0 Å². The number of rotatable bonds is 5. The molecule has 2 aromatic heterocycles. The molecule has 1 saturated heterocycles. The van der Waals surface area contributed by atoms with Crippen molar-refractivity contribution in [3.63, 3.8) is 0 Å². The number of benzene rings is 1. The molecule has 6 heteroatoms. The van der Waals surface area contributed by atoms with E-state index in [-0.39, 0.29) is 11.9 Å². The first-order chi connectivity index (χ1) is 12.7. The Labute approximate surface area is 153 Å². The first-order valence-corrected chi connectivity index (χ1v) is 9.29. The fraction of sp³-hybridized carbons (Fsp3) is 0.400. The van der Waals surface area contributed by atoms with Gasteiger partial charge in [-0.1, -0.05) is 18.2 Å². The fourth-order valence-corrected chi connectivity index (χ4v) is 3.76. The van der Waals surface area contributed by atoms with Crippen LogP contribution in [0.2, 0.25) is 0 Å². The van der Waals surface area contributed by atoms with Crippen LogP contribution in [0.3, 0.4) is 0 Å². The van der Waals surface area contributed by atoms with Crippen LogP contribution in [-0.4, -0.2) is 51.4 Å². The minimum absolute atomic E-state index is 0.0685. The SMILES string of the molecule is Cc1[nH]cnc1C(=O)NC1CCN(CCc2c[nH]c3ccccc23)CC1. The van der Waals surface area contributed by atoms with Gasteiger partial charge in [0.1, 0.15) is 5.69 Å².